The van der Waals surface area contributed by atoms with E-state index in [4.69, 9.17) is 4.98 Å². The van der Waals surface area contributed by atoms with Crippen molar-refractivity contribution in [2.75, 3.05) is 0 Å². The summed E-state index contributed by atoms with van der Waals surface area (Å²) in [5.74, 6) is 0. The molecule has 10 aromatic rings. The molecule has 56 heavy (non-hydrogen) atoms. The number of nitrogens with zero attached hydrogens (tertiary/aromatic N) is 1. The molecule has 0 fully saturated rings. The van der Waals surface area contributed by atoms with Crippen molar-refractivity contribution in [2.24, 2.45) is 0 Å². The Balaban J connectivity index is 1.28. The van der Waals surface area contributed by atoms with Crippen molar-refractivity contribution in [1.29, 1.82) is 0 Å². The largest absolute Gasteiger partial charge is 0.236 e. The van der Waals surface area contributed by atoms with Gasteiger partial charge in [0.15, 0.2) is 0 Å². The quantitative estimate of drug-likeness (QED) is 0.161. The Morgan fingerprint density at radius 2 is 0.929 bits per heavy atom. The molecule has 1 aromatic heterocycles. The smallest absolute Gasteiger partial charge is 0.124 e. The molecule has 0 aliphatic heterocycles. The van der Waals surface area contributed by atoms with Gasteiger partial charge in [0.2, 0.25) is 0 Å². The lowest BCUT2D eigenvalue weighted by Gasteiger charge is -2.24. The molecule has 0 radical (unpaired) electrons. The zero-order chi connectivity index (χ0) is 37.4. The van der Waals surface area contributed by atoms with E-state index < -0.39 is 0 Å². The second-order valence-electron chi connectivity index (χ2n) is 15.5. The number of aromatic nitrogens is 1. The van der Waals surface area contributed by atoms with Gasteiger partial charge in [-0.2, -0.15) is 0 Å². The van der Waals surface area contributed by atoms with E-state index in [2.05, 4.69) is 202 Å². The highest BCUT2D eigenvalue weighted by Gasteiger charge is 2.36. The van der Waals surface area contributed by atoms with Crippen molar-refractivity contribution in [3.05, 3.63) is 199 Å². The molecular weight excluding hydrogens is 695 g/mol. The second kappa shape index (κ2) is 12.7. The Labute approximate surface area is 331 Å². The molecule has 1 heterocycles. The van der Waals surface area contributed by atoms with Gasteiger partial charge in [0, 0.05) is 11.0 Å². The standard InChI is InChI=1S/C54H37NS/c1-54(2)47-24-10-9-23-41(47)43-32-45-46(33-48(43)54)52(39-22-14-20-37(30-39)35-17-7-4-8-18-35)44-31-40(53-55-49-25-11-12-26-50(49)56-53)27-28-42(44)51(45)38-21-13-19-36(29-38)34-15-5-3-6-16-34/h3-33H,1-2H3. The maximum absolute atomic E-state index is 5.14. The minimum absolute atomic E-state index is 0.144. The van der Waals surface area contributed by atoms with Crippen LogP contribution in [0.3, 0.4) is 0 Å². The number of hydrogen-bond acceptors (Lipinski definition) is 2. The summed E-state index contributed by atoms with van der Waals surface area (Å²) in [6.07, 6.45) is 0. The Morgan fingerprint density at radius 3 is 1.62 bits per heavy atom. The molecule has 1 aliphatic rings. The third-order valence-electron chi connectivity index (χ3n) is 11.9. The van der Waals surface area contributed by atoms with E-state index in [-0.39, 0.29) is 5.41 Å². The van der Waals surface area contributed by atoms with Crippen molar-refractivity contribution in [1.82, 2.24) is 4.98 Å². The van der Waals surface area contributed by atoms with Crippen LogP contribution in [0.5, 0.6) is 0 Å². The predicted molar refractivity (Wildman–Crippen MR) is 239 cm³/mol. The van der Waals surface area contributed by atoms with E-state index in [0.717, 1.165) is 16.1 Å². The van der Waals surface area contributed by atoms with Crippen LogP contribution >= 0.6 is 11.3 Å². The van der Waals surface area contributed by atoms with Crippen molar-refractivity contribution in [3.8, 4) is 66.2 Å². The van der Waals surface area contributed by atoms with Crippen LogP contribution in [0.1, 0.15) is 25.0 Å². The molecule has 0 bridgehead atoms. The van der Waals surface area contributed by atoms with Crippen LogP contribution in [0.4, 0.5) is 0 Å². The molecule has 0 saturated carbocycles. The van der Waals surface area contributed by atoms with Crippen molar-refractivity contribution >= 4 is 43.1 Å². The van der Waals surface area contributed by atoms with Gasteiger partial charge in [-0.15, -0.1) is 11.3 Å². The van der Waals surface area contributed by atoms with Gasteiger partial charge in [-0.05, 0) is 131 Å². The molecule has 0 unspecified atom stereocenters. The number of thiazole rings is 1. The minimum Gasteiger partial charge on any atom is -0.236 e. The van der Waals surface area contributed by atoms with Gasteiger partial charge in [-0.25, -0.2) is 4.98 Å². The average Bonchev–Trinajstić information content (AvgIpc) is 3.79. The fourth-order valence-corrected chi connectivity index (χ4v) is 10.1. The van der Waals surface area contributed by atoms with Crippen molar-refractivity contribution in [2.45, 2.75) is 19.3 Å². The predicted octanol–water partition coefficient (Wildman–Crippen LogP) is 15.2. The fraction of sp³-hybridized carbons (Fsp3) is 0.0556. The highest BCUT2D eigenvalue weighted by Crippen LogP contribution is 2.54. The van der Waals surface area contributed by atoms with E-state index in [1.54, 1.807) is 11.3 Å². The molecule has 11 rings (SSSR count). The van der Waals surface area contributed by atoms with Gasteiger partial charge >= 0.3 is 0 Å². The van der Waals surface area contributed by atoms with Crippen LogP contribution in [0.15, 0.2) is 188 Å². The van der Waals surface area contributed by atoms with Crippen LogP contribution in [0, 0.1) is 0 Å². The molecule has 1 aliphatic carbocycles. The number of para-hydroxylation sites is 1. The third kappa shape index (κ3) is 5.17. The first-order valence-corrected chi connectivity index (χ1v) is 20.2. The number of benzene rings is 9. The SMILES string of the molecule is CC1(C)c2ccccc2-c2cc3c(-c4cccc(-c5ccccc5)c4)c4ccc(-c5nc6ccccc6s5)cc4c(-c4cccc(-c5ccccc5)c4)c3cc21. The zero-order valence-corrected chi connectivity index (χ0v) is 32.1. The number of rotatable bonds is 5. The summed E-state index contributed by atoms with van der Waals surface area (Å²) >= 11 is 1.76. The van der Waals surface area contributed by atoms with Crippen LogP contribution in [-0.2, 0) is 5.41 Å². The Kier molecular flexibility index (Phi) is 7.45. The normalized spacial score (nSPS) is 13.0. The topological polar surface area (TPSA) is 12.9 Å². The van der Waals surface area contributed by atoms with Crippen molar-refractivity contribution in [3.63, 3.8) is 0 Å². The maximum atomic E-state index is 5.14. The van der Waals surface area contributed by atoms with Crippen LogP contribution < -0.4 is 0 Å². The molecule has 2 heteroatoms. The zero-order valence-electron chi connectivity index (χ0n) is 31.3. The van der Waals surface area contributed by atoms with E-state index in [1.807, 2.05) is 0 Å². The summed E-state index contributed by atoms with van der Waals surface area (Å²) in [5, 5.41) is 6.03. The number of hydrogen-bond donors (Lipinski definition) is 0. The molecule has 0 atom stereocenters. The van der Waals surface area contributed by atoms with Crippen molar-refractivity contribution < 1.29 is 0 Å². The number of fused-ring (bicyclic) bond motifs is 6. The van der Waals surface area contributed by atoms with Gasteiger partial charge in [-0.1, -0.05) is 159 Å². The van der Waals surface area contributed by atoms with Gasteiger partial charge in [-0.3, -0.25) is 0 Å². The maximum Gasteiger partial charge on any atom is 0.124 e. The summed E-state index contributed by atoms with van der Waals surface area (Å²) in [7, 11) is 0. The minimum atomic E-state index is -0.144. The molecule has 0 saturated heterocycles. The van der Waals surface area contributed by atoms with E-state index in [1.165, 1.54) is 93.0 Å². The molecule has 0 spiro atoms. The van der Waals surface area contributed by atoms with E-state index in [0.29, 0.717) is 0 Å². The van der Waals surface area contributed by atoms with Gasteiger partial charge in [0.05, 0.1) is 10.2 Å². The first-order chi connectivity index (χ1) is 27.5. The lowest BCUT2D eigenvalue weighted by molar-refractivity contribution is 0.661. The van der Waals surface area contributed by atoms with Gasteiger partial charge in [0.1, 0.15) is 5.01 Å². The summed E-state index contributed by atoms with van der Waals surface area (Å²) in [5.41, 5.74) is 17.2. The second-order valence-corrected chi connectivity index (χ2v) is 16.5. The first kappa shape index (κ1) is 32.8. The van der Waals surface area contributed by atoms with Crippen LogP contribution in [0.25, 0.3) is 98.0 Å². The lowest BCUT2D eigenvalue weighted by atomic mass is 9.79. The van der Waals surface area contributed by atoms with Gasteiger partial charge < -0.3 is 0 Å². The lowest BCUT2D eigenvalue weighted by Crippen LogP contribution is -2.14. The molecule has 9 aromatic carbocycles. The Hall–Kier alpha value is -6.61. The third-order valence-corrected chi connectivity index (χ3v) is 13.0. The van der Waals surface area contributed by atoms with E-state index >= 15 is 0 Å². The average molecular weight is 732 g/mol. The summed E-state index contributed by atoms with van der Waals surface area (Å²) in [6, 6.07) is 69.3. The van der Waals surface area contributed by atoms with Gasteiger partial charge in [0.25, 0.3) is 0 Å². The highest BCUT2D eigenvalue weighted by molar-refractivity contribution is 7.21. The summed E-state index contributed by atoms with van der Waals surface area (Å²) < 4.78 is 1.20. The van der Waals surface area contributed by atoms with E-state index in [9.17, 15) is 0 Å². The molecule has 0 N–H and O–H groups in total. The first-order valence-electron chi connectivity index (χ1n) is 19.4. The molecular formula is C54H37NS. The Bertz CT molecular complexity index is 3120. The molecule has 0 amide bonds. The highest BCUT2D eigenvalue weighted by atomic mass is 32.1. The fourth-order valence-electron chi connectivity index (χ4n) is 9.14. The van der Waals surface area contributed by atoms with Crippen LogP contribution in [-0.4, -0.2) is 4.98 Å². The molecule has 1 nitrogen and oxygen atoms in total. The van der Waals surface area contributed by atoms with Crippen LogP contribution in [0.2, 0.25) is 0 Å². The Morgan fingerprint density at radius 1 is 0.375 bits per heavy atom. The summed E-state index contributed by atoms with van der Waals surface area (Å²) in [6.45, 7) is 4.77. The molecule has 264 valence electrons. The monoisotopic (exact) mass is 731 g/mol. The summed E-state index contributed by atoms with van der Waals surface area (Å²) in [4.78, 5) is 5.14.